The van der Waals surface area contributed by atoms with Crippen molar-refractivity contribution in [1.82, 2.24) is 14.9 Å². The van der Waals surface area contributed by atoms with Gasteiger partial charge in [-0.05, 0) is 67.1 Å². The fourth-order valence-corrected chi connectivity index (χ4v) is 4.51. The molecular formula is C24H25Cl2N3O. The first kappa shape index (κ1) is 21.1. The number of ketones is 1. The van der Waals surface area contributed by atoms with Crippen LogP contribution in [0.3, 0.4) is 0 Å². The van der Waals surface area contributed by atoms with Gasteiger partial charge in [-0.25, -0.2) is 4.98 Å². The number of aromatic amines is 1. The van der Waals surface area contributed by atoms with Crippen molar-refractivity contribution >= 4 is 29.0 Å². The number of hydrogen-bond acceptors (Lipinski definition) is 3. The number of nitrogens with one attached hydrogen (secondary N) is 1. The molecule has 0 amide bonds. The van der Waals surface area contributed by atoms with E-state index in [2.05, 4.69) is 14.9 Å². The fraction of sp³-hybridized carbons (Fsp3) is 0.333. The number of nitrogens with zero attached hydrogens (tertiary/aromatic N) is 2. The maximum Gasteiger partial charge on any atom is 0.158 e. The highest BCUT2D eigenvalue weighted by atomic mass is 35.5. The van der Waals surface area contributed by atoms with Gasteiger partial charge in [-0.15, -0.1) is 0 Å². The van der Waals surface area contributed by atoms with Crippen molar-refractivity contribution in [2.45, 2.75) is 25.2 Å². The molecule has 6 heteroatoms. The second-order valence-electron chi connectivity index (χ2n) is 8.01. The van der Waals surface area contributed by atoms with E-state index in [0.717, 1.165) is 43.5 Å². The highest BCUT2D eigenvalue weighted by molar-refractivity contribution is 6.30. The van der Waals surface area contributed by atoms with Crippen LogP contribution in [-0.4, -0.2) is 40.3 Å². The Kier molecular flexibility index (Phi) is 6.88. The molecule has 1 fully saturated rings. The average Bonchev–Trinajstić information content (AvgIpc) is 3.41. The number of aryl methyl sites for hydroxylation is 1. The Balaban J connectivity index is 1.43. The van der Waals surface area contributed by atoms with Crippen LogP contribution in [-0.2, 0) is 11.2 Å². The third kappa shape index (κ3) is 5.31. The number of imidazole rings is 1. The SMILES string of the molecule is O=C(CN1CCC(CCc2cnc[nH]2)C1)C(c1ccc(Cl)cc1)c1ccc(Cl)cc1. The van der Waals surface area contributed by atoms with Crippen LogP contribution in [0.5, 0.6) is 0 Å². The number of H-pyrrole nitrogens is 1. The zero-order chi connectivity index (χ0) is 20.9. The van der Waals surface area contributed by atoms with Crippen molar-refractivity contribution in [2.75, 3.05) is 19.6 Å². The monoisotopic (exact) mass is 441 g/mol. The third-order valence-electron chi connectivity index (χ3n) is 5.85. The van der Waals surface area contributed by atoms with E-state index in [-0.39, 0.29) is 11.7 Å². The van der Waals surface area contributed by atoms with Crippen LogP contribution in [0, 0.1) is 5.92 Å². The minimum absolute atomic E-state index is 0.203. The Morgan fingerprint density at radius 1 is 1.07 bits per heavy atom. The molecule has 156 valence electrons. The largest absolute Gasteiger partial charge is 0.348 e. The number of carbonyl (C=O) groups excluding carboxylic acids is 1. The summed E-state index contributed by atoms with van der Waals surface area (Å²) in [6.07, 6.45) is 6.87. The average molecular weight is 442 g/mol. The third-order valence-corrected chi connectivity index (χ3v) is 6.36. The van der Waals surface area contributed by atoms with Gasteiger partial charge in [0.15, 0.2) is 5.78 Å². The summed E-state index contributed by atoms with van der Waals surface area (Å²) < 4.78 is 0. The maximum atomic E-state index is 13.4. The molecule has 0 radical (unpaired) electrons. The van der Waals surface area contributed by atoms with E-state index in [0.29, 0.717) is 22.5 Å². The maximum absolute atomic E-state index is 13.4. The quantitative estimate of drug-likeness (QED) is 0.510. The Bertz CT molecular complexity index is 910. The normalized spacial score (nSPS) is 17.0. The van der Waals surface area contributed by atoms with E-state index in [4.69, 9.17) is 23.2 Å². The summed E-state index contributed by atoms with van der Waals surface area (Å²) in [5.74, 6) is 0.503. The van der Waals surface area contributed by atoms with Crippen molar-refractivity contribution < 1.29 is 4.79 Å². The molecule has 1 unspecified atom stereocenters. The highest BCUT2D eigenvalue weighted by Gasteiger charge is 2.28. The smallest absolute Gasteiger partial charge is 0.158 e. The number of benzene rings is 2. The molecule has 1 saturated heterocycles. The van der Waals surface area contributed by atoms with Crippen molar-refractivity contribution in [2.24, 2.45) is 5.92 Å². The zero-order valence-electron chi connectivity index (χ0n) is 16.7. The van der Waals surface area contributed by atoms with Gasteiger partial charge < -0.3 is 4.98 Å². The van der Waals surface area contributed by atoms with Crippen LogP contribution in [0.15, 0.2) is 61.1 Å². The molecule has 3 aromatic rings. The molecule has 1 aliphatic rings. The van der Waals surface area contributed by atoms with Crippen molar-refractivity contribution in [1.29, 1.82) is 0 Å². The lowest BCUT2D eigenvalue weighted by molar-refractivity contribution is -0.120. The molecule has 4 rings (SSSR count). The molecule has 4 nitrogen and oxygen atoms in total. The lowest BCUT2D eigenvalue weighted by Crippen LogP contribution is -2.31. The molecule has 1 atom stereocenters. The highest BCUT2D eigenvalue weighted by Crippen LogP contribution is 2.29. The lowest BCUT2D eigenvalue weighted by Gasteiger charge is -2.21. The number of hydrogen-bond donors (Lipinski definition) is 1. The van der Waals surface area contributed by atoms with E-state index in [1.807, 2.05) is 54.7 Å². The number of likely N-dealkylation sites (tertiary alicyclic amines) is 1. The van der Waals surface area contributed by atoms with Crippen LogP contribution >= 0.6 is 23.2 Å². The van der Waals surface area contributed by atoms with Crippen LogP contribution in [0.25, 0.3) is 0 Å². The summed E-state index contributed by atoms with van der Waals surface area (Å²) in [4.78, 5) is 22.9. The molecule has 0 saturated carbocycles. The lowest BCUT2D eigenvalue weighted by atomic mass is 9.87. The number of aromatic nitrogens is 2. The molecule has 0 spiro atoms. The van der Waals surface area contributed by atoms with E-state index in [1.165, 1.54) is 5.69 Å². The topological polar surface area (TPSA) is 49.0 Å². The summed E-state index contributed by atoms with van der Waals surface area (Å²) in [5, 5.41) is 1.33. The molecule has 1 aromatic heterocycles. The zero-order valence-corrected chi connectivity index (χ0v) is 18.2. The minimum atomic E-state index is -0.316. The number of halogens is 2. The van der Waals surface area contributed by atoms with Crippen molar-refractivity contribution in [3.63, 3.8) is 0 Å². The molecular weight excluding hydrogens is 417 g/mol. The van der Waals surface area contributed by atoms with E-state index < -0.39 is 0 Å². The molecule has 1 N–H and O–H groups in total. The molecule has 2 heterocycles. The van der Waals surface area contributed by atoms with E-state index in [9.17, 15) is 4.79 Å². The van der Waals surface area contributed by atoms with Gasteiger partial charge in [0.2, 0.25) is 0 Å². The predicted molar refractivity (Wildman–Crippen MR) is 121 cm³/mol. The summed E-state index contributed by atoms with van der Waals surface area (Å²) in [6, 6.07) is 15.1. The molecule has 0 bridgehead atoms. The van der Waals surface area contributed by atoms with Crippen LogP contribution in [0.2, 0.25) is 10.0 Å². The van der Waals surface area contributed by atoms with Crippen molar-refractivity contribution in [3.05, 3.63) is 87.9 Å². The molecule has 1 aliphatic heterocycles. The Morgan fingerprint density at radius 2 is 1.70 bits per heavy atom. The molecule has 0 aliphatic carbocycles. The van der Waals surface area contributed by atoms with Crippen molar-refractivity contribution in [3.8, 4) is 0 Å². The van der Waals surface area contributed by atoms with Crippen LogP contribution < -0.4 is 0 Å². The number of carbonyl (C=O) groups is 1. The predicted octanol–water partition coefficient (Wildman–Crippen LogP) is 5.37. The summed E-state index contributed by atoms with van der Waals surface area (Å²) in [7, 11) is 0. The summed E-state index contributed by atoms with van der Waals surface area (Å²) >= 11 is 12.1. The van der Waals surface area contributed by atoms with Crippen LogP contribution in [0.4, 0.5) is 0 Å². The standard InChI is InChI=1S/C24H25Cl2N3O/c25-20-6-2-18(3-7-20)24(19-4-8-21(26)9-5-19)23(30)15-29-12-11-17(14-29)1-10-22-13-27-16-28-22/h2-9,13,16-17,24H,1,10-12,14-15H2,(H,27,28). The van der Waals surface area contributed by atoms with E-state index >= 15 is 0 Å². The van der Waals surface area contributed by atoms with Gasteiger partial charge in [0.25, 0.3) is 0 Å². The molecule has 2 aromatic carbocycles. The van der Waals surface area contributed by atoms with Gasteiger partial charge in [-0.1, -0.05) is 47.5 Å². The van der Waals surface area contributed by atoms with Gasteiger partial charge in [0.1, 0.15) is 0 Å². The first-order valence-corrected chi connectivity index (χ1v) is 11.1. The summed E-state index contributed by atoms with van der Waals surface area (Å²) in [5.41, 5.74) is 3.10. The van der Waals surface area contributed by atoms with Gasteiger partial charge in [0.05, 0.1) is 18.8 Å². The first-order valence-electron chi connectivity index (χ1n) is 10.3. The van der Waals surface area contributed by atoms with Gasteiger partial charge in [-0.2, -0.15) is 0 Å². The summed E-state index contributed by atoms with van der Waals surface area (Å²) in [6.45, 7) is 2.39. The second kappa shape index (κ2) is 9.78. The molecule has 30 heavy (non-hydrogen) atoms. The second-order valence-corrected chi connectivity index (χ2v) is 8.88. The Hall–Kier alpha value is -2.14. The van der Waals surface area contributed by atoms with Gasteiger partial charge >= 0.3 is 0 Å². The van der Waals surface area contributed by atoms with Gasteiger partial charge in [0, 0.05) is 28.5 Å². The van der Waals surface area contributed by atoms with Crippen LogP contribution in [0.1, 0.15) is 35.6 Å². The Morgan fingerprint density at radius 3 is 2.27 bits per heavy atom. The number of Topliss-reactive ketones (excluding diaryl/α,β-unsaturated/α-hetero) is 1. The first-order chi connectivity index (χ1) is 14.6. The van der Waals surface area contributed by atoms with Gasteiger partial charge in [-0.3, -0.25) is 9.69 Å². The Labute approximate surface area is 187 Å². The minimum Gasteiger partial charge on any atom is -0.348 e. The van der Waals surface area contributed by atoms with E-state index in [1.54, 1.807) is 6.33 Å². The number of rotatable bonds is 8. The fourth-order valence-electron chi connectivity index (χ4n) is 4.26.